The predicted molar refractivity (Wildman–Crippen MR) is 66.0 cm³/mol. The van der Waals surface area contributed by atoms with Crippen LogP contribution in [-0.4, -0.2) is 21.6 Å². The van der Waals surface area contributed by atoms with E-state index in [2.05, 4.69) is 5.16 Å². The van der Waals surface area contributed by atoms with Crippen LogP contribution in [0.1, 0.15) is 26.3 Å². The Morgan fingerprint density at radius 2 is 2.11 bits per heavy atom. The molecule has 0 heterocycles. The molecule has 1 aromatic carbocycles. The molecule has 0 aromatic heterocycles. The van der Waals surface area contributed by atoms with E-state index in [1.807, 2.05) is 0 Å². The highest BCUT2D eigenvalue weighted by Crippen LogP contribution is 2.30. The van der Waals surface area contributed by atoms with Crippen LogP contribution < -0.4 is 10.5 Å². The van der Waals surface area contributed by atoms with E-state index in [9.17, 15) is 10.1 Å². The molecule has 1 rings (SSSR count). The average molecular weight is 253 g/mol. The van der Waals surface area contributed by atoms with E-state index in [0.717, 1.165) is 0 Å². The summed E-state index contributed by atoms with van der Waals surface area (Å²) in [6.45, 7) is 5.36. The summed E-state index contributed by atoms with van der Waals surface area (Å²) in [4.78, 5) is 10.4. The van der Waals surface area contributed by atoms with Gasteiger partial charge < -0.3 is 15.7 Å². The molecule has 0 spiro atoms. The molecule has 0 amide bonds. The van der Waals surface area contributed by atoms with Crippen molar-refractivity contribution in [1.82, 2.24) is 0 Å². The number of nitrogens with zero attached hydrogens (tertiary/aromatic N) is 2. The van der Waals surface area contributed by atoms with Crippen molar-refractivity contribution in [3.63, 3.8) is 0 Å². The molecule has 0 unspecified atom stereocenters. The molecule has 0 fully saturated rings. The predicted octanol–water partition coefficient (Wildman–Crippen LogP) is 1.87. The van der Waals surface area contributed by atoms with Gasteiger partial charge in [-0.2, -0.15) is 0 Å². The third kappa shape index (κ3) is 3.34. The molecule has 0 aliphatic carbocycles. The first kappa shape index (κ1) is 13.8. The summed E-state index contributed by atoms with van der Waals surface area (Å²) >= 11 is 0. The van der Waals surface area contributed by atoms with Crippen molar-refractivity contribution in [2.75, 3.05) is 0 Å². The molecule has 7 heteroatoms. The van der Waals surface area contributed by atoms with Gasteiger partial charge in [-0.15, -0.1) is 0 Å². The third-order valence-electron chi connectivity index (χ3n) is 1.98. The fraction of sp³-hybridized carbons (Fsp3) is 0.364. The summed E-state index contributed by atoms with van der Waals surface area (Å²) in [7, 11) is 0. The van der Waals surface area contributed by atoms with E-state index in [1.165, 1.54) is 18.2 Å². The van der Waals surface area contributed by atoms with E-state index in [1.54, 1.807) is 20.8 Å². The molecule has 1 aromatic rings. The summed E-state index contributed by atoms with van der Waals surface area (Å²) in [5.41, 5.74) is 4.85. The zero-order valence-corrected chi connectivity index (χ0v) is 10.4. The third-order valence-corrected chi connectivity index (χ3v) is 1.98. The average Bonchev–Trinajstić information content (AvgIpc) is 2.26. The lowest BCUT2D eigenvalue weighted by atomic mass is 10.1. The highest BCUT2D eigenvalue weighted by atomic mass is 16.6. The number of amidine groups is 1. The second kappa shape index (κ2) is 4.91. The first-order chi connectivity index (χ1) is 8.24. The number of nitro benzene ring substituents is 1. The molecule has 98 valence electrons. The largest absolute Gasteiger partial charge is 0.481 e. The topological polar surface area (TPSA) is 111 Å². The second-order valence-corrected chi connectivity index (χ2v) is 4.64. The van der Waals surface area contributed by atoms with Gasteiger partial charge in [-0.3, -0.25) is 10.1 Å². The first-order valence-corrected chi connectivity index (χ1v) is 5.20. The maximum absolute atomic E-state index is 11.0. The van der Waals surface area contributed by atoms with Crippen LogP contribution in [0.4, 0.5) is 5.69 Å². The molecule has 0 saturated carbocycles. The maximum atomic E-state index is 11.0. The monoisotopic (exact) mass is 253 g/mol. The molecule has 3 N–H and O–H groups in total. The number of benzene rings is 1. The number of rotatable bonds is 3. The summed E-state index contributed by atoms with van der Waals surface area (Å²) in [6.07, 6.45) is 0. The van der Waals surface area contributed by atoms with Crippen molar-refractivity contribution in [2.45, 2.75) is 26.4 Å². The van der Waals surface area contributed by atoms with Gasteiger partial charge >= 0.3 is 5.69 Å². The number of nitrogens with two attached hydrogens (primary N) is 1. The molecular weight excluding hydrogens is 238 g/mol. The van der Waals surface area contributed by atoms with Crippen molar-refractivity contribution in [3.05, 3.63) is 33.9 Å². The van der Waals surface area contributed by atoms with Crippen molar-refractivity contribution in [2.24, 2.45) is 10.9 Å². The minimum atomic E-state index is -0.574. The van der Waals surface area contributed by atoms with Gasteiger partial charge in [0.25, 0.3) is 0 Å². The number of hydrogen-bond donors (Lipinski definition) is 2. The quantitative estimate of drug-likeness (QED) is 0.281. The Morgan fingerprint density at radius 1 is 1.50 bits per heavy atom. The fourth-order valence-corrected chi connectivity index (χ4v) is 1.29. The zero-order valence-electron chi connectivity index (χ0n) is 10.4. The van der Waals surface area contributed by atoms with Crippen LogP contribution >= 0.6 is 0 Å². The van der Waals surface area contributed by atoms with Crippen LogP contribution in [0.5, 0.6) is 5.75 Å². The van der Waals surface area contributed by atoms with E-state index in [4.69, 9.17) is 15.7 Å². The number of hydrogen-bond acceptors (Lipinski definition) is 5. The smallest absolute Gasteiger partial charge is 0.311 e. The standard InChI is InChI=1S/C11H15N3O4/c1-11(2,3)18-9-5-4-7(10(12)13-15)6-8(9)14(16)17/h4-6,15H,1-3H3,(H2,12,13). The lowest BCUT2D eigenvalue weighted by molar-refractivity contribution is -0.386. The van der Waals surface area contributed by atoms with E-state index in [-0.39, 0.29) is 22.8 Å². The highest BCUT2D eigenvalue weighted by Gasteiger charge is 2.22. The van der Waals surface area contributed by atoms with E-state index < -0.39 is 10.5 Å². The Bertz CT molecular complexity index is 492. The van der Waals surface area contributed by atoms with Crippen LogP contribution in [0.15, 0.2) is 23.4 Å². The van der Waals surface area contributed by atoms with Gasteiger partial charge in [-0.1, -0.05) is 5.16 Å². The van der Waals surface area contributed by atoms with Crippen LogP contribution in [0.3, 0.4) is 0 Å². The highest BCUT2D eigenvalue weighted by molar-refractivity contribution is 5.97. The second-order valence-electron chi connectivity index (χ2n) is 4.64. The Balaban J connectivity index is 3.25. The maximum Gasteiger partial charge on any atom is 0.311 e. The summed E-state index contributed by atoms with van der Waals surface area (Å²) in [5.74, 6) is -0.0533. The van der Waals surface area contributed by atoms with Gasteiger partial charge in [-0.25, -0.2) is 0 Å². The Labute approximate surface area is 104 Å². The van der Waals surface area contributed by atoms with Crippen LogP contribution in [0.25, 0.3) is 0 Å². The van der Waals surface area contributed by atoms with Crippen molar-refractivity contribution < 1.29 is 14.9 Å². The van der Waals surface area contributed by atoms with Gasteiger partial charge in [0.05, 0.1) is 4.92 Å². The molecule has 0 aliphatic rings. The van der Waals surface area contributed by atoms with Crippen molar-refractivity contribution in [1.29, 1.82) is 0 Å². The summed E-state index contributed by atoms with van der Waals surface area (Å²) in [6, 6.07) is 4.12. The normalized spacial score (nSPS) is 12.3. The van der Waals surface area contributed by atoms with Crippen LogP contribution in [0, 0.1) is 10.1 Å². The molecule has 0 aliphatic heterocycles. The van der Waals surface area contributed by atoms with Crippen LogP contribution in [0.2, 0.25) is 0 Å². The molecule has 7 nitrogen and oxygen atoms in total. The molecule has 0 atom stereocenters. The minimum Gasteiger partial charge on any atom is -0.481 e. The summed E-state index contributed by atoms with van der Waals surface area (Å²) in [5, 5.41) is 22.3. The van der Waals surface area contributed by atoms with Crippen LogP contribution in [-0.2, 0) is 0 Å². The van der Waals surface area contributed by atoms with Gasteiger partial charge in [0, 0.05) is 11.6 Å². The first-order valence-electron chi connectivity index (χ1n) is 5.20. The van der Waals surface area contributed by atoms with Gasteiger partial charge in [0.2, 0.25) is 0 Å². The summed E-state index contributed by atoms with van der Waals surface area (Å²) < 4.78 is 5.48. The lowest BCUT2D eigenvalue weighted by Gasteiger charge is -2.21. The lowest BCUT2D eigenvalue weighted by Crippen LogP contribution is -2.23. The van der Waals surface area contributed by atoms with Gasteiger partial charge in [-0.05, 0) is 32.9 Å². The van der Waals surface area contributed by atoms with Crippen molar-refractivity contribution in [3.8, 4) is 5.75 Å². The molecule has 18 heavy (non-hydrogen) atoms. The molecule has 0 bridgehead atoms. The van der Waals surface area contributed by atoms with E-state index >= 15 is 0 Å². The van der Waals surface area contributed by atoms with Gasteiger partial charge in [0.15, 0.2) is 11.6 Å². The molecular formula is C11H15N3O4. The Kier molecular flexibility index (Phi) is 3.75. The zero-order chi connectivity index (χ0) is 13.9. The Morgan fingerprint density at radius 3 is 2.56 bits per heavy atom. The molecule has 0 saturated heterocycles. The fourth-order valence-electron chi connectivity index (χ4n) is 1.29. The van der Waals surface area contributed by atoms with E-state index in [0.29, 0.717) is 0 Å². The van der Waals surface area contributed by atoms with Gasteiger partial charge in [0.1, 0.15) is 5.60 Å². The SMILES string of the molecule is CC(C)(C)Oc1ccc(C(N)=NO)cc1[N+](=O)[O-]. The molecule has 0 radical (unpaired) electrons. The number of nitro groups is 1. The number of ether oxygens (including phenoxy) is 1. The number of oxime groups is 1. The minimum absolute atomic E-state index is 0.141. The van der Waals surface area contributed by atoms with Crippen molar-refractivity contribution >= 4 is 11.5 Å². The Hall–Kier alpha value is -2.31.